The summed E-state index contributed by atoms with van der Waals surface area (Å²) < 4.78 is 5.54. The first-order chi connectivity index (χ1) is 8.97. The van der Waals surface area contributed by atoms with Crippen molar-refractivity contribution in [3.63, 3.8) is 0 Å². The Bertz CT molecular complexity index is 601. The summed E-state index contributed by atoms with van der Waals surface area (Å²) >= 11 is 0. The second-order valence-electron chi connectivity index (χ2n) is 4.67. The minimum atomic E-state index is -0.940. The molecule has 0 aliphatic carbocycles. The van der Waals surface area contributed by atoms with Crippen LogP contribution < -0.4 is 5.32 Å². The van der Waals surface area contributed by atoms with E-state index in [-0.39, 0.29) is 11.6 Å². The van der Waals surface area contributed by atoms with Gasteiger partial charge in [0, 0.05) is 5.69 Å². The normalized spacial score (nSPS) is 12.2. The Morgan fingerprint density at radius 3 is 2.58 bits per heavy atom. The van der Waals surface area contributed by atoms with Crippen molar-refractivity contribution < 1.29 is 14.3 Å². The van der Waals surface area contributed by atoms with E-state index in [0.29, 0.717) is 5.69 Å². The molecule has 0 aliphatic rings. The Balaban J connectivity index is 2.27. The molecule has 1 aromatic carbocycles. The third-order valence-corrected chi connectivity index (χ3v) is 2.97. The van der Waals surface area contributed by atoms with Gasteiger partial charge in [-0.3, -0.25) is 0 Å². The van der Waals surface area contributed by atoms with Gasteiger partial charge in [0.15, 0.2) is 0 Å². The fourth-order valence-corrected chi connectivity index (χ4v) is 1.95. The molecule has 0 fully saturated rings. The number of benzene rings is 1. The van der Waals surface area contributed by atoms with E-state index in [1.807, 2.05) is 39.0 Å². The summed E-state index contributed by atoms with van der Waals surface area (Å²) in [5, 5.41) is 12.4. The van der Waals surface area contributed by atoms with Gasteiger partial charge < -0.3 is 14.8 Å². The van der Waals surface area contributed by atoms with Crippen LogP contribution in [0.1, 0.15) is 40.4 Å². The quantitative estimate of drug-likeness (QED) is 0.877. The zero-order chi connectivity index (χ0) is 14.0. The maximum absolute atomic E-state index is 11.2. The lowest BCUT2D eigenvalue weighted by Gasteiger charge is -2.15. The zero-order valence-electron chi connectivity index (χ0n) is 11.2. The van der Waals surface area contributed by atoms with Crippen LogP contribution in [0.15, 0.2) is 34.7 Å². The van der Waals surface area contributed by atoms with E-state index in [4.69, 9.17) is 4.42 Å². The molecule has 19 heavy (non-hydrogen) atoms. The fourth-order valence-electron chi connectivity index (χ4n) is 1.95. The summed E-state index contributed by atoms with van der Waals surface area (Å²) in [7, 11) is 0. The summed E-state index contributed by atoms with van der Waals surface area (Å²) in [5.74, 6) is 0.687. The van der Waals surface area contributed by atoms with Crippen molar-refractivity contribution in [1.82, 2.24) is 0 Å². The van der Waals surface area contributed by atoms with Gasteiger partial charge in [0.05, 0.1) is 11.6 Å². The molecule has 4 heteroatoms. The highest BCUT2D eigenvalue weighted by molar-refractivity contribution is 5.94. The first-order valence-electron chi connectivity index (χ1n) is 6.14. The van der Waals surface area contributed by atoms with Crippen molar-refractivity contribution in [3.05, 3.63) is 53.0 Å². The summed E-state index contributed by atoms with van der Waals surface area (Å²) in [6, 6.07) is 8.92. The van der Waals surface area contributed by atoms with Crippen LogP contribution >= 0.6 is 0 Å². The molecule has 0 saturated carbocycles. The van der Waals surface area contributed by atoms with Crippen LogP contribution in [0.5, 0.6) is 0 Å². The SMILES string of the molecule is Cc1ccc(C(=O)O)c(NC(C)c2ccc(C)o2)c1. The lowest BCUT2D eigenvalue weighted by atomic mass is 10.1. The molecule has 1 heterocycles. The van der Waals surface area contributed by atoms with Crippen LogP contribution in [0.2, 0.25) is 0 Å². The Labute approximate surface area is 112 Å². The van der Waals surface area contributed by atoms with Crippen molar-refractivity contribution in [2.75, 3.05) is 5.32 Å². The summed E-state index contributed by atoms with van der Waals surface area (Å²) in [4.78, 5) is 11.2. The molecule has 4 nitrogen and oxygen atoms in total. The number of aromatic carboxylic acids is 1. The number of hydrogen-bond donors (Lipinski definition) is 2. The Kier molecular flexibility index (Phi) is 3.60. The Morgan fingerprint density at radius 1 is 1.26 bits per heavy atom. The number of carbonyl (C=O) groups is 1. The highest BCUT2D eigenvalue weighted by atomic mass is 16.4. The molecule has 1 unspecified atom stereocenters. The monoisotopic (exact) mass is 259 g/mol. The summed E-state index contributed by atoms with van der Waals surface area (Å²) in [5.41, 5.74) is 1.88. The van der Waals surface area contributed by atoms with Crippen molar-refractivity contribution in [3.8, 4) is 0 Å². The Morgan fingerprint density at radius 2 is 2.00 bits per heavy atom. The first-order valence-corrected chi connectivity index (χ1v) is 6.14. The van der Waals surface area contributed by atoms with Crippen molar-refractivity contribution in [1.29, 1.82) is 0 Å². The maximum Gasteiger partial charge on any atom is 0.337 e. The molecule has 0 spiro atoms. The van der Waals surface area contributed by atoms with Crippen LogP contribution in [0.4, 0.5) is 5.69 Å². The number of carboxylic acid groups (broad SMARTS) is 1. The number of carboxylic acids is 1. The molecule has 100 valence electrons. The number of hydrogen-bond acceptors (Lipinski definition) is 3. The lowest BCUT2D eigenvalue weighted by Crippen LogP contribution is -2.10. The Hall–Kier alpha value is -2.23. The molecule has 0 bridgehead atoms. The minimum absolute atomic E-state index is 0.0893. The number of furan rings is 1. The van der Waals surface area contributed by atoms with Gasteiger partial charge in [-0.15, -0.1) is 0 Å². The topological polar surface area (TPSA) is 62.5 Å². The lowest BCUT2D eigenvalue weighted by molar-refractivity contribution is 0.0698. The summed E-state index contributed by atoms with van der Waals surface area (Å²) in [6.07, 6.45) is 0. The number of aryl methyl sites for hydroxylation is 2. The molecule has 1 atom stereocenters. The molecule has 2 aromatic rings. The van der Waals surface area contributed by atoms with Gasteiger partial charge in [-0.05, 0) is 50.6 Å². The molecular weight excluding hydrogens is 242 g/mol. The highest BCUT2D eigenvalue weighted by Crippen LogP contribution is 2.24. The van der Waals surface area contributed by atoms with Crippen molar-refractivity contribution in [2.45, 2.75) is 26.8 Å². The molecule has 1 aromatic heterocycles. The standard InChI is InChI=1S/C15H17NO3/c1-9-4-6-12(15(17)18)13(8-9)16-11(3)14-7-5-10(2)19-14/h4-8,11,16H,1-3H3,(H,17,18). The van der Waals surface area contributed by atoms with Crippen molar-refractivity contribution >= 4 is 11.7 Å². The van der Waals surface area contributed by atoms with Gasteiger partial charge in [0.1, 0.15) is 11.5 Å². The number of rotatable bonds is 4. The predicted molar refractivity (Wildman–Crippen MR) is 73.6 cm³/mol. The third kappa shape index (κ3) is 2.96. The average molecular weight is 259 g/mol. The molecule has 0 aliphatic heterocycles. The second kappa shape index (κ2) is 5.18. The third-order valence-electron chi connectivity index (χ3n) is 2.97. The summed E-state index contributed by atoms with van der Waals surface area (Å²) in [6.45, 7) is 5.75. The largest absolute Gasteiger partial charge is 0.478 e. The molecule has 0 radical (unpaired) electrons. The average Bonchev–Trinajstić information content (AvgIpc) is 2.75. The van der Waals surface area contributed by atoms with Gasteiger partial charge in [-0.2, -0.15) is 0 Å². The number of anilines is 1. The van der Waals surface area contributed by atoms with E-state index in [1.165, 1.54) is 0 Å². The maximum atomic E-state index is 11.2. The molecule has 0 amide bonds. The second-order valence-corrected chi connectivity index (χ2v) is 4.67. The van der Waals surface area contributed by atoms with E-state index < -0.39 is 5.97 Å². The van der Waals surface area contributed by atoms with E-state index in [0.717, 1.165) is 17.1 Å². The number of nitrogens with one attached hydrogen (secondary N) is 1. The zero-order valence-corrected chi connectivity index (χ0v) is 11.2. The highest BCUT2D eigenvalue weighted by Gasteiger charge is 2.14. The molecular formula is C15H17NO3. The molecule has 0 saturated heterocycles. The van der Waals surface area contributed by atoms with E-state index >= 15 is 0 Å². The van der Waals surface area contributed by atoms with Crippen LogP contribution in [0, 0.1) is 13.8 Å². The van der Waals surface area contributed by atoms with Gasteiger partial charge >= 0.3 is 5.97 Å². The van der Waals surface area contributed by atoms with Crippen LogP contribution in [0.3, 0.4) is 0 Å². The van der Waals surface area contributed by atoms with Crippen LogP contribution in [-0.2, 0) is 0 Å². The fraction of sp³-hybridized carbons (Fsp3) is 0.267. The first kappa shape index (κ1) is 13.2. The van der Waals surface area contributed by atoms with E-state index in [9.17, 15) is 9.90 Å². The molecule has 2 N–H and O–H groups in total. The van der Waals surface area contributed by atoms with Gasteiger partial charge in [-0.25, -0.2) is 4.79 Å². The van der Waals surface area contributed by atoms with Crippen LogP contribution in [-0.4, -0.2) is 11.1 Å². The minimum Gasteiger partial charge on any atom is -0.478 e. The van der Waals surface area contributed by atoms with Gasteiger partial charge in [-0.1, -0.05) is 6.07 Å². The van der Waals surface area contributed by atoms with Gasteiger partial charge in [0.25, 0.3) is 0 Å². The predicted octanol–water partition coefficient (Wildman–Crippen LogP) is 3.77. The van der Waals surface area contributed by atoms with E-state index in [1.54, 1.807) is 12.1 Å². The molecule has 2 rings (SSSR count). The van der Waals surface area contributed by atoms with Gasteiger partial charge in [0.2, 0.25) is 0 Å². The van der Waals surface area contributed by atoms with E-state index in [2.05, 4.69) is 5.32 Å². The van der Waals surface area contributed by atoms with Crippen LogP contribution in [0.25, 0.3) is 0 Å². The van der Waals surface area contributed by atoms with Crippen molar-refractivity contribution in [2.24, 2.45) is 0 Å². The smallest absolute Gasteiger partial charge is 0.337 e.